The second-order valence-corrected chi connectivity index (χ2v) is 16.0. The molecule has 266 valence electrons. The lowest BCUT2D eigenvalue weighted by molar-refractivity contribution is -0.148. The zero-order valence-electron chi connectivity index (χ0n) is 29.2. The minimum Gasteiger partial charge on any atom is -0.457 e. The Balaban J connectivity index is 0. The molecule has 0 unspecified atom stereocenters. The third kappa shape index (κ3) is 18.6. The summed E-state index contributed by atoms with van der Waals surface area (Å²) in [7, 11) is 0. The van der Waals surface area contributed by atoms with Crippen LogP contribution in [0.15, 0.2) is 103 Å². The predicted octanol–water partition coefficient (Wildman–Crippen LogP) is 9.85. The molecule has 0 aliphatic carbocycles. The van der Waals surface area contributed by atoms with Crippen molar-refractivity contribution in [2.24, 2.45) is 0 Å². The number of hydrogen-bond donors (Lipinski definition) is 0. The first kappa shape index (κ1) is 46.4. The van der Waals surface area contributed by atoms with Crippen LogP contribution in [-0.2, 0) is 23.9 Å². The maximum Gasteiger partial charge on any atom is 0.332 e. The number of hydrogen-bond acceptors (Lipinski definition) is 5. The van der Waals surface area contributed by atoms with Crippen LogP contribution >= 0.6 is 6.89 Å². The molecule has 0 amide bonds. The number of carbonyl (C=O) groups is 3. The van der Waals surface area contributed by atoms with E-state index in [0.717, 1.165) is 60.7 Å². The van der Waals surface area contributed by atoms with Crippen LogP contribution < -0.4 is 15.9 Å². The number of allylic oxidation sites excluding steroid dienone is 1. The number of benzene rings is 3. The molecule has 0 spiro atoms. The summed E-state index contributed by atoms with van der Waals surface area (Å²) in [6.45, 7) is 13.2. The fourth-order valence-corrected chi connectivity index (χ4v) is 7.91. The molecule has 0 fully saturated rings. The van der Waals surface area contributed by atoms with E-state index in [1.54, 1.807) is 0 Å². The van der Waals surface area contributed by atoms with Gasteiger partial charge in [0.15, 0.2) is 0 Å². The monoisotopic (exact) mass is 678 g/mol. The van der Waals surface area contributed by atoms with Gasteiger partial charge in [-0.05, 0) is 77.2 Å². The third-order valence-corrected chi connectivity index (χ3v) is 10.2. The van der Waals surface area contributed by atoms with E-state index < -0.39 is 12.5 Å². The van der Waals surface area contributed by atoms with E-state index in [-0.39, 0.29) is 32.4 Å². The van der Waals surface area contributed by atoms with Gasteiger partial charge in [-0.1, -0.05) is 145 Å². The Bertz CT molecular complexity index is 1260. The van der Waals surface area contributed by atoms with E-state index in [4.69, 9.17) is 9.47 Å². The Labute approximate surface area is 293 Å². The van der Waals surface area contributed by atoms with Crippen molar-refractivity contribution in [2.45, 2.75) is 120 Å². The zero-order chi connectivity index (χ0) is 34.5. The topological polar surface area (TPSA) is 69.7 Å². The van der Waals surface area contributed by atoms with E-state index in [2.05, 4.69) is 50.2 Å². The van der Waals surface area contributed by atoms with E-state index in [0.29, 0.717) is 0 Å². The number of carbonyl (C=O) groups excluding carboxylic acids is 3. The first-order valence-corrected chi connectivity index (χ1v) is 18.1. The molecule has 3 aromatic carbocycles. The van der Waals surface area contributed by atoms with Crippen molar-refractivity contribution in [3.63, 3.8) is 0 Å². The first-order valence-electron chi connectivity index (χ1n) is 16.3. The van der Waals surface area contributed by atoms with E-state index >= 15 is 0 Å². The van der Waals surface area contributed by atoms with Crippen molar-refractivity contribution in [1.82, 2.24) is 0 Å². The third-order valence-electron chi connectivity index (χ3n) is 6.26. The lowest BCUT2D eigenvalue weighted by Crippen LogP contribution is -2.31. The number of ether oxygens (including phenoxy) is 2. The van der Waals surface area contributed by atoms with Gasteiger partial charge >= 0.3 is 11.9 Å². The summed E-state index contributed by atoms with van der Waals surface area (Å²) < 4.78 is 10.8. The number of esters is 2. The summed E-state index contributed by atoms with van der Waals surface area (Å²) in [6.07, 6.45) is 10.5. The van der Waals surface area contributed by atoms with Crippen LogP contribution in [0.25, 0.3) is 0 Å². The van der Waals surface area contributed by atoms with Crippen molar-refractivity contribution in [1.29, 1.82) is 0 Å². The highest BCUT2D eigenvalue weighted by atomic mass is 31.2. The summed E-state index contributed by atoms with van der Waals surface area (Å²) >= 11 is 0. The summed E-state index contributed by atoms with van der Waals surface area (Å²) in [4.78, 5) is 33.6. The maximum atomic E-state index is 12.9. The van der Waals surface area contributed by atoms with Crippen molar-refractivity contribution < 1.29 is 23.9 Å². The van der Waals surface area contributed by atoms with Gasteiger partial charge in [0.1, 0.15) is 17.5 Å². The molecular weight excluding hydrogens is 615 g/mol. The molecule has 3 rings (SSSR count). The summed E-state index contributed by atoms with van der Waals surface area (Å²) in [5, 5.41) is 3.40. The van der Waals surface area contributed by atoms with Crippen LogP contribution in [0, 0.1) is 0 Å². The minimum absolute atomic E-state index is 0. The molecule has 0 heterocycles. The molecule has 0 aromatic heterocycles. The molecule has 0 aliphatic heterocycles. The normalized spacial score (nSPS) is 10.8. The largest absolute Gasteiger partial charge is 0.457 e. The molecule has 0 saturated carbocycles. The average molecular weight is 679 g/mol. The summed E-state index contributed by atoms with van der Waals surface area (Å²) in [6, 6.07) is 30.8. The Morgan fingerprint density at radius 3 is 1.27 bits per heavy atom. The quantitative estimate of drug-likeness (QED) is 0.0664. The van der Waals surface area contributed by atoms with Gasteiger partial charge in [-0.25, -0.2) is 9.59 Å². The van der Waals surface area contributed by atoms with Crippen molar-refractivity contribution >= 4 is 46.8 Å². The Kier molecular flexibility index (Phi) is 23.7. The predicted molar refractivity (Wildman–Crippen MR) is 211 cm³/mol. The Morgan fingerprint density at radius 2 is 0.958 bits per heavy atom. The van der Waals surface area contributed by atoms with Crippen LogP contribution in [0.2, 0.25) is 0 Å². The van der Waals surface area contributed by atoms with Gasteiger partial charge in [-0.15, -0.1) is 0 Å². The number of rotatable bonds is 11. The van der Waals surface area contributed by atoms with Gasteiger partial charge in [0.05, 0.1) is 0 Å². The molecule has 0 radical (unpaired) electrons. The SMILES string of the molecule is C.C.CC(C)(C)OC(=O)C=P(c1ccccc1)(c1ccccc1)c1ccccc1.CCCC/C=C/C(=O)OC(C)(C)C.CCCCC=O. The van der Waals surface area contributed by atoms with Gasteiger partial charge in [0.2, 0.25) is 0 Å². The molecular formula is C42H63O5P. The standard InChI is InChI=1S/C24H25O2P.C11H20O2.C5H10O.2CH4/c1-24(2,3)26-23(25)19-27(20-13-7-4-8-14-20,21-15-9-5-10-16-21)22-17-11-6-12-18-22;1-5-6-7-8-9-10(12)13-11(2,3)4;1-2-3-4-5-6;;/h4-19H,1-3H3;8-9H,5-7H2,1-4H3;5H,2-4H2,1H3;2*1H4/b;9-8+;;;. The Morgan fingerprint density at radius 1 is 0.604 bits per heavy atom. The summed E-state index contributed by atoms with van der Waals surface area (Å²) in [5.41, 5.74) is -0.917. The highest BCUT2D eigenvalue weighted by molar-refractivity contribution is 7.95. The van der Waals surface area contributed by atoms with Gasteiger partial charge in [-0.3, -0.25) is 0 Å². The molecule has 0 bridgehead atoms. The van der Waals surface area contributed by atoms with Crippen LogP contribution in [0.4, 0.5) is 0 Å². The summed E-state index contributed by atoms with van der Waals surface area (Å²) in [5.74, 6) is 1.29. The second-order valence-electron chi connectivity index (χ2n) is 12.8. The van der Waals surface area contributed by atoms with Crippen LogP contribution in [0.1, 0.15) is 109 Å². The van der Waals surface area contributed by atoms with Gasteiger partial charge in [0, 0.05) is 18.3 Å². The molecule has 0 N–H and O–H groups in total. The van der Waals surface area contributed by atoms with Crippen LogP contribution in [0.3, 0.4) is 0 Å². The van der Waals surface area contributed by atoms with Gasteiger partial charge < -0.3 is 14.3 Å². The van der Waals surface area contributed by atoms with Crippen molar-refractivity contribution in [3.05, 3.63) is 103 Å². The fraction of sp³-hybridized carbons (Fsp3) is 0.429. The lowest BCUT2D eigenvalue weighted by atomic mass is 10.2. The highest BCUT2D eigenvalue weighted by Crippen LogP contribution is 2.43. The van der Waals surface area contributed by atoms with Crippen molar-refractivity contribution in [3.8, 4) is 0 Å². The van der Waals surface area contributed by atoms with Gasteiger partial charge in [0.25, 0.3) is 0 Å². The zero-order valence-corrected chi connectivity index (χ0v) is 30.1. The Hall–Kier alpha value is -3.69. The molecule has 0 atom stereocenters. The van der Waals surface area contributed by atoms with Gasteiger partial charge in [-0.2, -0.15) is 0 Å². The molecule has 3 aromatic rings. The van der Waals surface area contributed by atoms with E-state index in [1.807, 2.05) is 108 Å². The number of aldehydes is 1. The van der Waals surface area contributed by atoms with Crippen molar-refractivity contribution in [2.75, 3.05) is 0 Å². The second kappa shape index (κ2) is 24.5. The molecule has 48 heavy (non-hydrogen) atoms. The maximum absolute atomic E-state index is 12.9. The van der Waals surface area contributed by atoms with Crippen LogP contribution in [-0.4, -0.2) is 35.2 Å². The molecule has 5 nitrogen and oxygen atoms in total. The molecule has 0 aliphatic rings. The van der Waals surface area contributed by atoms with E-state index in [1.165, 1.54) is 6.08 Å². The molecule has 6 heteroatoms. The van der Waals surface area contributed by atoms with E-state index in [9.17, 15) is 14.4 Å². The molecule has 0 saturated heterocycles. The average Bonchev–Trinajstić information content (AvgIpc) is 3.01. The van der Waals surface area contributed by atoms with Crippen LogP contribution in [0.5, 0.6) is 0 Å². The smallest absolute Gasteiger partial charge is 0.332 e. The fourth-order valence-electron chi connectivity index (χ4n) is 4.27. The minimum atomic E-state index is -2.29. The lowest BCUT2D eigenvalue weighted by Gasteiger charge is -2.29. The highest BCUT2D eigenvalue weighted by Gasteiger charge is 2.28. The first-order chi connectivity index (χ1) is 21.8. The number of unbranched alkanes of at least 4 members (excludes halogenated alkanes) is 4.